The van der Waals surface area contributed by atoms with Gasteiger partial charge in [-0.2, -0.15) is 0 Å². The van der Waals surface area contributed by atoms with Crippen molar-refractivity contribution in [2.24, 2.45) is 5.92 Å². The minimum absolute atomic E-state index is 0.561. The zero-order valence-electron chi connectivity index (χ0n) is 8.94. The van der Waals surface area contributed by atoms with Crippen LogP contribution in [0.25, 0.3) is 0 Å². The molecule has 0 aliphatic heterocycles. The highest BCUT2D eigenvalue weighted by Crippen LogP contribution is 2.07. The zero-order chi connectivity index (χ0) is 9.56. The smallest absolute Gasteiger partial charge is 0.0129 e. The lowest BCUT2D eigenvalue weighted by atomic mass is 9.99. The summed E-state index contributed by atoms with van der Waals surface area (Å²) in [7, 11) is 0. The maximum absolute atomic E-state index is 3.48. The van der Waals surface area contributed by atoms with Crippen LogP contribution >= 0.6 is 0 Å². The predicted octanol–water partition coefficient (Wildman–Crippen LogP) is 2.42. The molecule has 0 rings (SSSR count). The van der Waals surface area contributed by atoms with E-state index in [0.29, 0.717) is 18.0 Å². The molecular weight excluding hydrogens is 146 g/mol. The van der Waals surface area contributed by atoms with E-state index in [-0.39, 0.29) is 0 Å². The Morgan fingerprint density at radius 2 is 1.75 bits per heavy atom. The molecule has 0 fully saturated rings. The predicted molar refractivity (Wildman–Crippen MR) is 55.0 cm³/mol. The topological polar surface area (TPSA) is 12.0 Å². The van der Waals surface area contributed by atoms with E-state index in [1.54, 1.807) is 0 Å². The van der Waals surface area contributed by atoms with Crippen LogP contribution in [0.2, 0.25) is 0 Å². The summed E-state index contributed by atoms with van der Waals surface area (Å²) in [5.74, 6) is 6.68. The van der Waals surface area contributed by atoms with Gasteiger partial charge >= 0.3 is 0 Å². The molecule has 2 unspecified atom stereocenters. The Kier molecular flexibility index (Phi) is 5.84. The van der Waals surface area contributed by atoms with E-state index < -0.39 is 0 Å². The van der Waals surface area contributed by atoms with E-state index in [1.807, 2.05) is 6.92 Å². The van der Waals surface area contributed by atoms with E-state index >= 15 is 0 Å². The fraction of sp³-hybridized carbons (Fsp3) is 0.818. The molecule has 70 valence electrons. The van der Waals surface area contributed by atoms with E-state index in [4.69, 9.17) is 0 Å². The fourth-order valence-electron chi connectivity index (χ4n) is 1.13. The van der Waals surface area contributed by atoms with Crippen molar-refractivity contribution in [1.29, 1.82) is 0 Å². The maximum Gasteiger partial charge on any atom is 0.0129 e. The SMILES string of the molecule is CC#CCC(C)C(C)NC(C)C. The monoisotopic (exact) mass is 167 g/mol. The first-order valence-corrected chi connectivity index (χ1v) is 4.73. The van der Waals surface area contributed by atoms with Crippen molar-refractivity contribution in [1.82, 2.24) is 5.32 Å². The van der Waals surface area contributed by atoms with Crippen molar-refractivity contribution in [3.05, 3.63) is 0 Å². The van der Waals surface area contributed by atoms with Crippen molar-refractivity contribution in [3.63, 3.8) is 0 Å². The summed E-state index contributed by atoms with van der Waals surface area (Å²) in [5.41, 5.74) is 0. The Labute approximate surface area is 76.9 Å². The summed E-state index contributed by atoms with van der Waals surface area (Å²) in [6.45, 7) is 10.7. The van der Waals surface area contributed by atoms with E-state index in [1.165, 1.54) is 0 Å². The molecule has 0 spiro atoms. The standard InChI is InChI=1S/C11H21N/c1-6-7-8-10(4)11(5)12-9(2)3/h9-12H,8H2,1-5H3. The zero-order valence-corrected chi connectivity index (χ0v) is 8.94. The van der Waals surface area contributed by atoms with Gasteiger partial charge in [-0.1, -0.05) is 20.8 Å². The number of nitrogens with one attached hydrogen (secondary N) is 1. The molecule has 0 aliphatic rings. The normalized spacial score (nSPS) is 15.2. The Morgan fingerprint density at radius 3 is 2.17 bits per heavy atom. The number of hydrogen-bond donors (Lipinski definition) is 1. The molecule has 0 aliphatic carbocycles. The number of rotatable bonds is 4. The third kappa shape index (κ3) is 5.21. The molecule has 0 aromatic rings. The largest absolute Gasteiger partial charge is 0.312 e. The van der Waals surface area contributed by atoms with Gasteiger partial charge in [-0.3, -0.25) is 0 Å². The second kappa shape index (κ2) is 6.08. The molecule has 0 amide bonds. The molecule has 1 heteroatoms. The van der Waals surface area contributed by atoms with Crippen molar-refractivity contribution >= 4 is 0 Å². The van der Waals surface area contributed by atoms with Gasteiger partial charge in [-0.25, -0.2) is 0 Å². The molecule has 12 heavy (non-hydrogen) atoms. The van der Waals surface area contributed by atoms with Crippen molar-refractivity contribution in [3.8, 4) is 11.8 Å². The second-order valence-corrected chi connectivity index (χ2v) is 3.72. The molecule has 0 heterocycles. The van der Waals surface area contributed by atoms with Gasteiger partial charge in [0, 0.05) is 18.5 Å². The van der Waals surface area contributed by atoms with Gasteiger partial charge in [-0.05, 0) is 19.8 Å². The van der Waals surface area contributed by atoms with Crippen LogP contribution in [0, 0.1) is 17.8 Å². The van der Waals surface area contributed by atoms with Crippen molar-refractivity contribution in [2.45, 2.75) is 53.1 Å². The van der Waals surface area contributed by atoms with Gasteiger partial charge < -0.3 is 5.32 Å². The van der Waals surface area contributed by atoms with Crippen LogP contribution in [0.4, 0.5) is 0 Å². The highest BCUT2D eigenvalue weighted by atomic mass is 14.9. The van der Waals surface area contributed by atoms with Crippen molar-refractivity contribution in [2.75, 3.05) is 0 Å². The minimum atomic E-state index is 0.561. The molecule has 0 radical (unpaired) electrons. The Balaban J connectivity index is 3.73. The Morgan fingerprint density at radius 1 is 1.17 bits per heavy atom. The molecule has 0 aromatic heterocycles. The third-order valence-corrected chi connectivity index (χ3v) is 2.05. The fourth-order valence-corrected chi connectivity index (χ4v) is 1.13. The first kappa shape index (κ1) is 11.5. The van der Waals surface area contributed by atoms with Crippen molar-refractivity contribution < 1.29 is 0 Å². The summed E-state index contributed by atoms with van der Waals surface area (Å²) >= 11 is 0. The summed E-state index contributed by atoms with van der Waals surface area (Å²) in [4.78, 5) is 0. The van der Waals surface area contributed by atoms with E-state index in [9.17, 15) is 0 Å². The van der Waals surface area contributed by atoms with Crippen LogP contribution in [0.1, 0.15) is 41.0 Å². The highest BCUT2D eigenvalue weighted by Gasteiger charge is 2.10. The Bertz CT molecular complexity index is 162. The van der Waals surface area contributed by atoms with Crippen LogP contribution in [-0.2, 0) is 0 Å². The minimum Gasteiger partial charge on any atom is -0.312 e. The lowest BCUT2D eigenvalue weighted by molar-refractivity contribution is 0.379. The molecule has 0 saturated carbocycles. The van der Waals surface area contributed by atoms with Crippen LogP contribution < -0.4 is 5.32 Å². The molecule has 0 saturated heterocycles. The molecule has 1 N–H and O–H groups in total. The van der Waals surface area contributed by atoms with Gasteiger partial charge in [0.25, 0.3) is 0 Å². The first-order chi connectivity index (χ1) is 5.57. The lowest BCUT2D eigenvalue weighted by Crippen LogP contribution is -2.36. The average Bonchev–Trinajstić information content (AvgIpc) is 1.98. The van der Waals surface area contributed by atoms with Crippen LogP contribution in [0.15, 0.2) is 0 Å². The van der Waals surface area contributed by atoms with Crippen LogP contribution in [-0.4, -0.2) is 12.1 Å². The first-order valence-electron chi connectivity index (χ1n) is 4.73. The second-order valence-electron chi connectivity index (χ2n) is 3.72. The quantitative estimate of drug-likeness (QED) is 0.634. The van der Waals surface area contributed by atoms with Gasteiger partial charge in [0.15, 0.2) is 0 Å². The van der Waals surface area contributed by atoms with Gasteiger partial charge in [-0.15, -0.1) is 11.8 Å². The van der Waals surface area contributed by atoms with Gasteiger partial charge in [0.1, 0.15) is 0 Å². The van der Waals surface area contributed by atoms with Gasteiger partial charge in [0.05, 0.1) is 0 Å². The molecule has 1 nitrogen and oxygen atoms in total. The highest BCUT2D eigenvalue weighted by molar-refractivity contribution is 4.97. The maximum atomic E-state index is 3.48. The van der Waals surface area contributed by atoms with Crippen LogP contribution in [0.3, 0.4) is 0 Å². The summed E-state index contributed by atoms with van der Waals surface area (Å²) < 4.78 is 0. The summed E-state index contributed by atoms with van der Waals surface area (Å²) in [6.07, 6.45) is 0.997. The van der Waals surface area contributed by atoms with E-state index in [0.717, 1.165) is 6.42 Å². The van der Waals surface area contributed by atoms with E-state index in [2.05, 4.69) is 44.9 Å². The molecule has 0 bridgehead atoms. The summed E-state index contributed by atoms with van der Waals surface area (Å²) in [5, 5.41) is 3.48. The molecular formula is C11H21N. The number of hydrogen-bond acceptors (Lipinski definition) is 1. The van der Waals surface area contributed by atoms with Gasteiger partial charge in [0.2, 0.25) is 0 Å². The third-order valence-electron chi connectivity index (χ3n) is 2.05. The summed E-state index contributed by atoms with van der Waals surface area (Å²) in [6, 6.07) is 1.13. The van der Waals surface area contributed by atoms with Crippen LogP contribution in [0.5, 0.6) is 0 Å². The average molecular weight is 167 g/mol. The Hall–Kier alpha value is -0.480. The molecule has 2 atom stereocenters. The lowest BCUT2D eigenvalue weighted by Gasteiger charge is -2.21. The molecule has 0 aromatic carbocycles.